The van der Waals surface area contributed by atoms with E-state index in [0.29, 0.717) is 0 Å². The van der Waals surface area contributed by atoms with Gasteiger partial charge in [0.25, 0.3) is 0 Å². The van der Waals surface area contributed by atoms with Crippen LogP contribution in [0.5, 0.6) is 0 Å². The van der Waals surface area contributed by atoms with Crippen LogP contribution in [0.1, 0.15) is 19.8 Å². The lowest BCUT2D eigenvalue weighted by molar-refractivity contribution is -0.119. The molecule has 5 nitrogen and oxygen atoms in total. The van der Waals surface area contributed by atoms with E-state index in [4.69, 9.17) is 23.2 Å². The van der Waals surface area contributed by atoms with Crippen LogP contribution in [0, 0.1) is 5.92 Å². The van der Waals surface area contributed by atoms with Gasteiger partial charge in [-0.1, -0.05) is 30.1 Å². The van der Waals surface area contributed by atoms with Crippen molar-refractivity contribution in [2.45, 2.75) is 25.8 Å². The topological polar surface area (TPSA) is 66.9 Å². The van der Waals surface area contributed by atoms with Crippen LogP contribution < -0.4 is 10.6 Å². The molecule has 2 atom stereocenters. The first-order valence-electron chi connectivity index (χ1n) is 5.80. The maximum absolute atomic E-state index is 12.1. The molecule has 1 fully saturated rings. The number of rotatable bonds is 2. The minimum Gasteiger partial charge on any atom is -0.320 e. The van der Waals surface area contributed by atoms with Gasteiger partial charge in [-0.15, -0.1) is 0 Å². The van der Waals surface area contributed by atoms with Crippen molar-refractivity contribution in [3.8, 4) is 0 Å². The molecule has 7 heteroatoms. The highest BCUT2D eigenvalue weighted by Gasteiger charge is 2.28. The molecule has 1 aliphatic rings. The quantitative estimate of drug-likeness (QED) is 0.818. The normalized spacial score (nSPS) is 23.7. The molecule has 2 N–H and O–H groups in total. The number of anilines is 1. The zero-order valence-corrected chi connectivity index (χ0v) is 11.4. The summed E-state index contributed by atoms with van der Waals surface area (Å²) in [6.07, 6.45) is 3.36. The molecule has 0 radical (unpaired) electrons. The zero-order valence-electron chi connectivity index (χ0n) is 9.91. The first-order chi connectivity index (χ1) is 8.59. The summed E-state index contributed by atoms with van der Waals surface area (Å²) in [7, 11) is 0. The van der Waals surface area contributed by atoms with Crippen molar-refractivity contribution < 1.29 is 4.79 Å². The van der Waals surface area contributed by atoms with Crippen molar-refractivity contribution in [2.24, 2.45) is 5.92 Å². The van der Waals surface area contributed by atoms with Gasteiger partial charge in [-0.05, 0) is 25.3 Å². The van der Waals surface area contributed by atoms with Crippen LogP contribution in [0.4, 0.5) is 5.69 Å². The van der Waals surface area contributed by atoms with E-state index in [1.54, 1.807) is 0 Å². The SMILES string of the molecule is CC1CCCNC1C(=O)Nc1c(Cl)ncnc1Cl. The van der Waals surface area contributed by atoms with Gasteiger partial charge in [-0.3, -0.25) is 4.79 Å². The van der Waals surface area contributed by atoms with Crippen molar-refractivity contribution in [3.63, 3.8) is 0 Å². The van der Waals surface area contributed by atoms with Gasteiger partial charge in [-0.2, -0.15) is 0 Å². The molecule has 0 bridgehead atoms. The molecule has 1 amide bonds. The number of carbonyl (C=O) groups is 1. The van der Waals surface area contributed by atoms with Crippen LogP contribution in [0.3, 0.4) is 0 Å². The van der Waals surface area contributed by atoms with Crippen molar-refractivity contribution in [3.05, 3.63) is 16.6 Å². The van der Waals surface area contributed by atoms with E-state index < -0.39 is 0 Å². The van der Waals surface area contributed by atoms with Crippen molar-refractivity contribution in [1.29, 1.82) is 0 Å². The molecule has 0 aromatic carbocycles. The number of aromatic nitrogens is 2. The number of nitrogens with zero attached hydrogens (tertiary/aromatic N) is 2. The predicted molar refractivity (Wildman–Crippen MR) is 70.9 cm³/mol. The highest BCUT2D eigenvalue weighted by molar-refractivity contribution is 6.38. The Morgan fingerprint density at radius 2 is 2.11 bits per heavy atom. The summed E-state index contributed by atoms with van der Waals surface area (Å²) >= 11 is 11.8. The van der Waals surface area contributed by atoms with E-state index in [1.165, 1.54) is 6.33 Å². The van der Waals surface area contributed by atoms with E-state index in [2.05, 4.69) is 20.6 Å². The molecular weight excluding hydrogens is 275 g/mol. The van der Waals surface area contributed by atoms with Gasteiger partial charge in [0.05, 0.1) is 6.04 Å². The molecule has 1 aliphatic heterocycles. The van der Waals surface area contributed by atoms with Gasteiger partial charge >= 0.3 is 0 Å². The smallest absolute Gasteiger partial charge is 0.241 e. The largest absolute Gasteiger partial charge is 0.320 e. The highest BCUT2D eigenvalue weighted by atomic mass is 35.5. The van der Waals surface area contributed by atoms with Crippen LogP contribution in [0.25, 0.3) is 0 Å². The number of carbonyl (C=O) groups excluding carboxylic acids is 1. The molecule has 0 saturated carbocycles. The van der Waals surface area contributed by atoms with Gasteiger partial charge in [0.15, 0.2) is 10.3 Å². The standard InChI is InChI=1S/C11H14Cl2N4O/c1-6-3-2-4-14-7(6)11(18)17-8-9(12)15-5-16-10(8)13/h5-7,14H,2-4H2,1H3,(H,17,18). The van der Waals surface area contributed by atoms with E-state index in [0.717, 1.165) is 19.4 Å². The second-order valence-corrected chi connectivity index (χ2v) is 5.09. The van der Waals surface area contributed by atoms with E-state index in [1.807, 2.05) is 6.92 Å². The third-order valence-corrected chi connectivity index (χ3v) is 3.63. The monoisotopic (exact) mass is 288 g/mol. The highest BCUT2D eigenvalue weighted by Crippen LogP contribution is 2.26. The molecular formula is C11H14Cl2N4O. The number of amides is 1. The van der Waals surface area contributed by atoms with Gasteiger partial charge < -0.3 is 10.6 Å². The first-order valence-corrected chi connectivity index (χ1v) is 6.55. The zero-order chi connectivity index (χ0) is 13.1. The predicted octanol–water partition coefficient (Wildman–Crippen LogP) is 2.11. The van der Waals surface area contributed by atoms with Gasteiger partial charge in [0, 0.05) is 0 Å². The Morgan fingerprint density at radius 1 is 1.44 bits per heavy atom. The number of hydrogen-bond donors (Lipinski definition) is 2. The second kappa shape index (κ2) is 5.82. The molecule has 2 heterocycles. The Balaban J connectivity index is 2.11. The van der Waals surface area contributed by atoms with Crippen LogP contribution in [0.2, 0.25) is 10.3 Å². The molecule has 1 saturated heterocycles. The Hall–Kier alpha value is -0.910. The lowest BCUT2D eigenvalue weighted by Crippen LogP contribution is -2.48. The lowest BCUT2D eigenvalue weighted by Gasteiger charge is -2.29. The molecule has 1 aromatic heterocycles. The fourth-order valence-corrected chi connectivity index (χ4v) is 2.46. The summed E-state index contributed by atoms with van der Waals surface area (Å²) in [4.78, 5) is 19.7. The Labute approximate surface area is 115 Å². The lowest BCUT2D eigenvalue weighted by atomic mass is 9.92. The van der Waals surface area contributed by atoms with Crippen molar-refractivity contribution >= 4 is 34.8 Å². The molecule has 98 valence electrons. The molecule has 18 heavy (non-hydrogen) atoms. The number of piperidine rings is 1. The third-order valence-electron chi connectivity index (χ3n) is 3.05. The number of hydrogen-bond acceptors (Lipinski definition) is 4. The minimum absolute atomic E-state index is 0.145. The van der Waals surface area contributed by atoms with E-state index in [9.17, 15) is 4.79 Å². The van der Waals surface area contributed by atoms with Gasteiger partial charge in [0.1, 0.15) is 12.0 Å². The fourth-order valence-electron chi connectivity index (χ4n) is 2.05. The van der Waals surface area contributed by atoms with Gasteiger partial charge in [0.2, 0.25) is 5.91 Å². The average molecular weight is 289 g/mol. The third kappa shape index (κ3) is 2.91. The minimum atomic E-state index is -0.230. The molecule has 1 aromatic rings. The molecule has 2 unspecified atom stereocenters. The van der Waals surface area contributed by atoms with E-state index in [-0.39, 0.29) is 33.9 Å². The number of nitrogens with one attached hydrogen (secondary N) is 2. The Bertz CT molecular complexity index is 434. The summed E-state index contributed by atoms with van der Waals surface area (Å²) in [5.41, 5.74) is 0.269. The second-order valence-electron chi connectivity index (χ2n) is 4.37. The van der Waals surface area contributed by atoms with Crippen LogP contribution in [0.15, 0.2) is 6.33 Å². The summed E-state index contributed by atoms with van der Waals surface area (Å²) in [6.45, 7) is 2.89. The van der Waals surface area contributed by atoms with Crippen LogP contribution in [-0.2, 0) is 4.79 Å². The van der Waals surface area contributed by atoms with Crippen LogP contribution >= 0.6 is 23.2 Å². The maximum atomic E-state index is 12.1. The molecule has 0 spiro atoms. The average Bonchev–Trinajstić information content (AvgIpc) is 2.34. The molecule has 2 rings (SSSR count). The first kappa shape index (κ1) is 13.5. The molecule has 0 aliphatic carbocycles. The maximum Gasteiger partial charge on any atom is 0.241 e. The summed E-state index contributed by atoms with van der Waals surface area (Å²) in [6, 6.07) is -0.230. The van der Waals surface area contributed by atoms with Crippen LogP contribution in [-0.4, -0.2) is 28.5 Å². The fraction of sp³-hybridized carbons (Fsp3) is 0.545. The Morgan fingerprint density at radius 3 is 2.72 bits per heavy atom. The Kier molecular flexibility index (Phi) is 4.37. The summed E-state index contributed by atoms with van der Waals surface area (Å²) < 4.78 is 0. The summed E-state index contributed by atoms with van der Waals surface area (Å²) in [5.74, 6) is 0.127. The van der Waals surface area contributed by atoms with Crippen molar-refractivity contribution in [1.82, 2.24) is 15.3 Å². The van der Waals surface area contributed by atoms with Crippen molar-refractivity contribution in [2.75, 3.05) is 11.9 Å². The van der Waals surface area contributed by atoms with Gasteiger partial charge in [-0.25, -0.2) is 9.97 Å². The summed E-state index contributed by atoms with van der Waals surface area (Å²) in [5, 5.41) is 6.17. The van der Waals surface area contributed by atoms with E-state index >= 15 is 0 Å². The number of halogens is 2.